The van der Waals surface area contributed by atoms with Crippen LogP contribution in [0.3, 0.4) is 0 Å². The molecule has 406 valence electrons. The topological polar surface area (TPSA) is 234 Å². The molecular formula is C52H74F2N10O10. The molecule has 0 spiro atoms. The summed E-state index contributed by atoms with van der Waals surface area (Å²) >= 11 is 0. The van der Waals surface area contributed by atoms with Gasteiger partial charge in [-0.2, -0.15) is 0 Å². The number of carbonyl (C=O) groups excluding carboxylic acids is 6. The van der Waals surface area contributed by atoms with Crippen LogP contribution in [0.25, 0.3) is 33.7 Å². The molecule has 4 aromatic rings. The quantitative estimate of drug-likeness (QED) is 0.123. The fourth-order valence-electron chi connectivity index (χ4n) is 9.28. The number of amides is 6. The van der Waals surface area contributed by atoms with E-state index in [4.69, 9.17) is 19.4 Å². The Labute approximate surface area is 430 Å². The van der Waals surface area contributed by atoms with Crippen molar-refractivity contribution in [1.82, 2.24) is 49.3 Å². The molecule has 2 unspecified atom stereocenters. The van der Waals surface area contributed by atoms with Crippen molar-refractivity contribution < 1.29 is 57.2 Å². The van der Waals surface area contributed by atoms with E-state index >= 15 is 8.78 Å². The highest BCUT2D eigenvalue weighted by Gasteiger charge is 2.43. The van der Waals surface area contributed by atoms with Gasteiger partial charge in [0, 0.05) is 52.4 Å². The van der Waals surface area contributed by atoms with Crippen molar-refractivity contribution in [3.8, 4) is 11.6 Å². The lowest BCUT2D eigenvalue weighted by atomic mass is 10.0. The average molecular weight is 1040 g/mol. The van der Waals surface area contributed by atoms with Gasteiger partial charge in [0.1, 0.15) is 47.0 Å². The molecule has 4 heterocycles. The number of nitrogens with zero attached hydrogens (tertiary/aromatic N) is 8. The van der Waals surface area contributed by atoms with Crippen molar-refractivity contribution in [3.63, 3.8) is 0 Å². The number of likely N-dealkylation sites (N-methyl/N-ethyl adjacent to an activating group) is 2. The highest BCUT2D eigenvalue weighted by molar-refractivity contribution is 5.93. The molecule has 2 saturated heterocycles. The zero-order chi connectivity index (χ0) is 55.0. The van der Waals surface area contributed by atoms with Crippen LogP contribution in [-0.2, 0) is 41.7 Å². The Hall–Kier alpha value is -6.42. The Morgan fingerprint density at radius 3 is 1.28 bits per heavy atom. The lowest BCUT2D eigenvalue weighted by molar-refractivity contribution is -0.140. The number of halogens is 2. The third-order valence-electron chi connectivity index (χ3n) is 13.5. The van der Waals surface area contributed by atoms with Gasteiger partial charge < -0.3 is 49.3 Å². The van der Waals surface area contributed by atoms with E-state index in [0.29, 0.717) is 11.0 Å². The Morgan fingerprint density at radius 1 is 0.635 bits per heavy atom. The van der Waals surface area contributed by atoms with E-state index in [1.807, 2.05) is 0 Å². The maximum absolute atomic E-state index is 15.0. The van der Waals surface area contributed by atoms with Crippen LogP contribution in [-0.4, -0.2) is 172 Å². The predicted molar refractivity (Wildman–Crippen MR) is 271 cm³/mol. The van der Waals surface area contributed by atoms with Gasteiger partial charge in [0.25, 0.3) is 0 Å². The minimum Gasteiger partial charge on any atom is -0.444 e. The molecule has 74 heavy (non-hydrogen) atoms. The van der Waals surface area contributed by atoms with Gasteiger partial charge in [-0.1, -0.05) is 27.7 Å². The molecule has 0 aliphatic carbocycles. The standard InChI is InChI=1S/C52H74F2N10O10/c1-27(2)41(57-45(67)29(5)59(13)49(71)73-51(7,8)9)47(69)61-25-35(65)21-33(61)23-63-39-17-15-31(53)19-37(39)55-43(63)44-56-38-20-32(54)16-18-40(38)64(44)24-34-22-36(66)26-62(34)48(70)42(28(3)4)58-46(68)30(6)60(14)50(72)74-52(10,11)12/h15-20,27-30,33-36,41-42,65-66H,21-26H2,1-14H3,(H,57,67)(H,58,68)/t29-,30-,33+,34+,35?,36?,41-,42-/m1/s1. The number of aliphatic hydroxyl groups is 2. The van der Waals surface area contributed by atoms with Gasteiger partial charge in [0.15, 0.2) is 11.6 Å². The smallest absolute Gasteiger partial charge is 0.410 e. The summed E-state index contributed by atoms with van der Waals surface area (Å²) in [6.07, 6.45) is -3.13. The molecule has 2 aliphatic heterocycles. The van der Waals surface area contributed by atoms with Crippen molar-refractivity contribution in [2.24, 2.45) is 11.8 Å². The van der Waals surface area contributed by atoms with Gasteiger partial charge >= 0.3 is 12.2 Å². The molecule has 4 N–H and O–H groups in total. The lowest BCUT2D eigenvalue weighted by Gasteiger charge is -2.33. The number of hydrogen-bond donors (Lipinski definition) is 4. The third kappa shape index (κ3) is 12.9. The molecule has 8 atom stereocenters. The second kappa shape index (κ2) is 22.2. The van der Waals surface area contributed by atoms with Crippen LogP contribution in [0.5, 0.6) is 0 Å². The number of likely N-dealkylation sites (tertiary alicyclic amines) is 2. The van der Waals surface area contributed by atoms with E-state index in [-0.39, 0.29) is 61.7 Å². The summed E-state index contributed by atoms with van der Waals surface area (Å²) < 4.78 is 44.4. The van der Waals surface area contributed by atoms with Crippen LogP contribution in [0, 0.1) is 23.5 Å². The Bertz CT molecular complexity index is 2560. The number of aliphatic hydroxyl groups excluding tert-OH is 2. The number of aromatic nitrogens is 4. The fourth-order valence-corrected chi connectivity index (χ4v) is 9.28. The summed E-state index contributed by atoms with van der Waals surface area (Å²) in [4.78, 5) is 97.4. The van der Waals surface area contributed by atoms with Gasteiger partial charge in [-0.3, -0.25) is 29.0 Å². The van der Waals surface area contributed by atoms with Crippen molar-refractivity contribution in [2.75, 3.05) is 27.2 Å². The van der Waals surface area contributed by atoms with Crippen LogP contribution >= 0.6 is 0 Å². The number of hydrogen-bond acceptors (Lipinski definition) is 12. The van der Waals surface area contributed by atoms with Gasteiger partial charge in [-0.05, 0) is 104 Å². The Morgan fingerprint density at radius 2 is 0.973 bits per heavy atom. The first-order valence-corrected chi connectivity index (χ1v) is 25.2. The van der Waals surface area contributed by atoms with Crippen molar-refractivity contribution in [2.45, 2.75) is 169 Å². The van der Waals surface area contributed by atoms with E-state index < -0.39 is 119 Å². The maximum Gasteiger partial charge on any atom is 0.410 e. The molecular weight excluding hydrogens is 963 g/mol. The summed E-state index contributed by atoms with van der Waals surface area (Å²) in [5.41, 5.74) is -0.272. The second-order valence-corrected chi connectivity index (χ2v) is 22.4. The van der Waals surface area contributed by atoms with Crippen LogP contribution in [0.2, 0.25) is 0 Å². The van der Waals surface area contributed by atoms with Crippen molar-refractivity contribution in [1.29, 1.82) is 0 Å². The first-order chi connectivity index (χ1) is 34.3. The van der Waals surface area contributed by atoms with Crippen molar-refractivity contribution in [3.05, 3.63) is 48.0 Å². The van der Waals surface area contributed by atoms with E-state index in [9.17, 15) is 39.0 Å². The molecule has 0 radical (unpaired) electrons. The zero-order valence-electron chi connectivity index (χ0n) is 45.0. The number of rotatable bonds is 15. The third-order valence-corrected chi connectivity index (χ3v) is 13.5. The predicted octanol–water partition coefficient (Wildman–Crippen LogP) is 5.05. The highest BCUT2D eigenvalue weighted by atomic mass is 19.1. The number of ether oxygens (including phenoxy) is 2. The Kier molecular flexibility index (Phi) is 17.1. The van der Waals surface area contributed by atoms with Gasteiger partial charge in [-0.25, -0.2) is 28.3 Å². The molecule has 6 amide bonds. The molecule has 6 rings (SSSR count). The molecule has 22 heteroatoms. The number of β-amino-alcohol motifs (C(OH)–C–C–N with tert-alkyl or cyclic N) is 2. The number of benzene rings is 2. The normalized spacial score (nSPS) is 19.9. The summed E-state index contributed by atoms with van der Waals surface area (Å²) in [5, 5.41) is 28.0. The summed E-state index contributed by atoms with van der Waals surface area (Å²) in [6.45, 7) is 20.2. The number of imidazole rings is 2. The number of carbonyl (C=O) groups is 6. The van der Waals surface area contributed by atoms with Crippen LogP contribution in [0.1, 0.15) is 95.9 Å². The zero-order valence-corrected chi connectivity index (χ0v) is 45.0. The second-order valence-electron chi connectivity index (χ2n) is 22.4. The molecule has 20 nitrogen and oxygen atoms in total. The van der Waals surface area contributed by atoms with E-state index in [2.05, 4.69) is 10.6 Å². The summed E-state index contributed by atoms with van der Waals surface area (Å²) in [7, 11) is 2.85. The molecule has 2 aliphatic rings. The molecule has 2 aromatic carbocycles. The fraction of sp³-hybridized carbons (Fsp3) is 0.615. The minimum absolute atomic E-state index is 0.00155. The number of nitrogens with one attached hydrogen (secondary N) is 2. The Balaban J connectivity index is 1.34. The van der Waals surface area contributed by atoms with Crippen LogP contribution in [0.4, 0.5) is 18.4 Å². The molecule has 2 fully saturated rings. The van der Waals surface area contributed by atoms with E-state index in [1.54, 1.807) is 78.4 Å². The summed E-state index contributed by atoms with van der Waals surface area (Å²) in [6, 6.07) is 2.48. The monoisotopic (exact) mass is 1040 g/mol. The van der Waals surface area contributed by atoms with Gasteiger partial charge in [0.05, 0.1) is 46.4 Å². The highest BCUT2D eigenvalue weighted by Crippen LogP contribution is 2.34. The minimum atomic E-state index is -1.07. The number of fused-ring (bicyclic) bond motifs is 2. The van der Waals surface area contributed by atoms with Gasteiger partial charge in [0.2, 0.25) is 23.6 Å². The molecule has 2 aromatic heterocycles. The molecule has 0 saturated carbocycles. The van der Waals surface area contributed by atoms with E-state index in [0.717, 1.165) is 9.80 Å². The van der Waals surface area contributed by atoms with Crippen LogP contribution in [0.15, 0.2) is 36.4 Å². The molecule has 0 bridgehead atoms. The maximum atomic E-state index is 15.0. The van der Waals surface area contributed by atoms with E-state index in [1.165, 1.54) is 74.1 Å². The van der Waals surface area contributed by atoms with Gasteiger partial charge in [-0.15, -0.1) is 0 Å². The SMILES string of the molecule is CC(C)[C@@H](NC(=O)[C@@H](C)N(C)C(=O)OC(C)(C)C)C(=O)N1CC(O)C[C@H]1Cn1c(-c2nc3cc(F)ccc3n2C[C@@H]2CC(O)CN2C(=O)[C@H](NC(=O)[C@@H](C)N(C)C(=O)OC(C)(C)C)C(C)C)nc2cc(F)ccc21. The van der Waals surface area contributed by atoms with Crippen molar-refractivity contribution >= 4 is 57.9 Å². The first-order valence-electron chi connectivity index (χ1n) is 25.2. The first kappa shape index (κ1) is 56.9. The largest absolute Gasteiger partial charge is 0.444 e. The average Bonchev–Trinajstić information content (AvgIpc) is 4.06. The lowest BCUT2D eigenvalue weighted by Crippen LogP contribution is -2.57. The summed E-state index contributed by atoms with van der Waals surface area (Å²) in [5.74, 6) is -3.79. The van der Waals surface area contributed by atoms with Crippen LogP contribution < -0.4 is 10.6 Å².